The molecule has 0 amide bonds. The number of nitrogens with two attached hydrogens (primary N) is 1. The fourth-order valence-electron chi connectivity index (χ4n) is 1.10. The molecule has 0 spiro atoms. The summed E-state index contributed by atoms with van der Waals surface area (Å²) < 4.78 is 39.2. The van der Waals surface area contributed by atoms with Crippen LogP contribution in [-0.4, -0.2) is 37.9 Å². The van der Waals surface area contributed by atoms with Crippen LogP contribution in [0.15, 0.2) is 21.5 Å². The van der Waals surface area contributed by atoms with E-state index in [9.17, 15) is 12.8 Å². The average molecular weight is 343 g/mol. The van der Waals surface area contributed by atoms with E-state index >= 15 is 0 Å². The molecule has 1 aromatic carbocycles. The van der Waals surface area contributed by atoms with E-state index in [1.807, 2.05) is 4.72 Å². The van der Waals surface area contributed by atoms with Gasteiger partial charge in [-0.2, -0.15) is 0 Å². The predicted molar refractivity (Wildman–Crippen MR) is 66.8 cm³/mol. The van der Waals surface area contributed by atoms with Gasteiger partial charge in [0.05, 0.1) is 12.7 Å². The average Bonchev–Trinajstić information content (AvgIpc) is 2.30. The first-order chi connectivity index (χ1) is 8.27. The molecule has 0 aliphatic carbocycles. The molecule has 18 heavy (non-hydrogen) atoms. The van der Waals surface area contributed by atoms with E-state index in [0.29, 0.717) is 0 Å². The number of hydrogen-bond acceptors (Lipinski definition) is 5. The van der Waals surface area contributed by atoms with E-state index in [1.165, 1.54) is 0 Å². The largest absolute Gasteiger partial charge is 0.398 e. The summed E-state index contributed by atoms with van der Waals surface area (Å²) in [6.07, 6.45) is -1.25. The van der Waals surface area contributed by atoms with Gasteiger partial charge in [0.2, 0.25) is 10.0 Å². The summed E-state index contributed by atoms with van der Waals surface area (Å²) >= 11 is 2.97. The Kier molecular flexibility index (Phi) is 5.05. The lowest BCUT2D eigenvalue weighted by atomic mass is 10.3. The van der Waals surface area contributed by atoms with Crippen LogP contribution in [0.5, 0.6) is 0 Å². The molecule has 0 radical (unpaired) electrons. The van der Waals surface area contributed by atoms with Crippen LogP contribution in [0.3, 0.4) is 0 Å². The second kappa shape index (κ2) is 5.93. The third-order valence-corrected chi connectivity index (χ3v) is 4.19. The van der Waals surface area contributed by atoms with Crippen LogP contribution >= 0.6 is 15.9 Å². The van der Waals surface area contributed by atoms with Gasteiger partial charge in [0, 0.05) is 16.7 Å². The number of halogens is 2. The first-order valence-corrected chi connectivity index (χ1v) is 7.08. The van der Waals surface area contributed by atoms with Gasteiger partial charge in [-0.3, -0.25) is 0 Å². The molecular formula is C9H12BrFN2O4S. The van der Waals surface area contributed by atoms with Crippen LogP contribution in [0.25, 0.3) is 0 Å². The van der Waals surface area contributed by atoms with Gasteiger partial charge in [-0.05, 0) is 28.1 Å². The Morgan fingerprint density at radius 1 is 1.50 bits per heavy atom. The molecule has 0 fully saturated rings. The van der Waals surface area contributed by atoms with E-state index in [0.717, 1.165) is 12.1 Å². The number of anilines is 1. The van der Waals surface area contributed by atoms with Crippen molar-refractivity contribution in [1.82, 2.24) is 4.72 Å². The molecule has 0 heterocycles. The van der Waals surface area contributed by atoms with Gasteiger partial charge in [0.25, 0.3) is 0 Å². The number of aliphatic hydroxyl groups excluding tert-OH is 2. The van der Waals surface area contributed by atoms with Crippen molar-refractivity contribution >= 4 is 31.6 Å². The van der Waals surface area contributed by atoms with Crippen LogP contribution in [0, 0.1) is 5.82 Å². The quantitative estimate of drug-likeness (QED) is 0.553. The van der Waals surface area contributed by atoms with E-state index in [4.69, 9.17) is 15.9 Å². The Hall–Kier alpha value is -0.740. The zero-order valence-electron chi connectivity index (χ0n) is 9.10. The molecule has 0 aromatic heterocycles. The molecule has 1 aromatic rings. The van der Waals surface area contributed by atoms with E-state index < -0.39 is 40.0 Å². The number of rotatable bonds is 5. The smallest absolute Gasteiger partial charge is 0.243 e. The third kappa shape index (κ3) is 3.62. The molecule has 1 atom stereocenters. The highest BCUT2D eigenvalue weighted by Crippen LogP contribution is 2.25. The number of nitrogen functional groups attached to an aromatic ring is 1. The lowest BCUT2D eigenvalue weighted by Gasteiger charge is -2.11. The van der Waals surface area contributed by atoms with Crippen molar-refractivity contribution in [1.29, 1.82) is 0 Å². The maximum absolute atomic E-state index is 13.5. The van der Waals surface area contributed by atoms with Gasteiger partial charge in [-0.1, -0.05) is 0 Å². The summed E-state index contributed by atoms with van der Waals surface area (Å²) in [6.45, 7) is -1.03. The van der Waals surface area contributed by atoms with Crippen LogP contribution in [0.2, 0.25) is 0 Å². The molecule has 0 aliphatic heterocycles. The number of nitrogens with one attached hydrogen (secondary N) is 1. The number of hydrogen-bond donors (Lipinski definition) is 4. The van der Waals surface area contributed by atoms with Crippen molar-refractivity contribution in [3.8, 4) is 0 Å². The summed E-state index contributed by atoms with van der Waals surface area (Å²) in [5.74, 6) is -0.970. The molecule has 6 nitrogen and oxygen atoms in total. The molecule has 0 saturated heterocycles. The van der Waals surface area contributed by atoms with Gasteiger partial charge < -0.3 is 15.9 Å². The standard InChI is InChI=1S/C9H12BrFN2O4S/c10-6-1-7(11)9(2-8(6)12)18(16,17)13-3-5(15)4-14/h1-2,5,13-15H,3-4,12H2. The molecule has 1 rings (SSSR count). The van der Waals surface area contributed by atoms with Gasteiger partial charge in [0.15, 0.2) is 0 Å². The number of aliphatic hydroxyl groups is 2. The zero-order chi connectivity index (χ0) is 13.9. The molecule has 0 saturated carbocycles. The Bertz CT molecular complexity index is 538. The second-order valence-corrected chi connectivity index (χ2v) is 6.08. The van der Waals surface area contributed by atoms with Crippen LogP contribution in [-0.2, 0) is 10.0 Å². The Balaban J connectivity index is 3.02. The minimum Gasteiger partial charge on any atom is -0.398 e. The van der Waals surface area contributed by atoms with E-state index in [2.05, 4.69) is 15.9 Å². The predicted octanol–water partition coefficient (Wildman–Crippen LogP) is -0.198. The first-order valence-electron chi connectivity index (χ1n) is 4.81. The summed E-state index contributed by atoms with van der Waals surface area (Å²) in [6, 6.07) is 1.90. The van der Waals surface area contributed by atoms with Crippen molar-refractivity contribution in [3.05, 3.63) is 22.4 Å². The number of sulfonamides is 1. The Morgan fingerprint density at radius 2 is 2.11 bits per heavy atom. The van der Waals surface area contributed by atoms with Crippen LogP contribution in [0.1, 0.15) is 0 Å². The molecule has 5 N–H and O–H groups in total. The van der Waals surface area contributed by atoms with Gasteiger partial charge in [-0.15, -0.1) is 0 Å². The van der Waals surface area contributed by atoms with Crippen molar-refractivity contribution < 1.29 is 23.0 Å². The summed E-state index contributed by atoms with van der Waals surface area (Å²) in [5.41, 5.74) is 5.54. The highest BCUT2D eigenvalue weighted by atomic mass is 79.9. The number of benzene rings is 1. The fraction of sp³-hybridized carbons (Fsp3) is 0.333. The van der Waals surface area contributed by atoms with E-state index in [-0.39, 0.29) is 10.2 Å². The van der Waals surface area contributed by atoms with Gasteiger partial charge >= 0.3 is 0 Å². The minimum atomic E-state index is -4.13. The lowest BCUT2D eigenvalue weighted by molar-refractivity contribution is 0.0988. The minimum absolute atomic E-state index is 0.0690. The highest BCUT2D eigenvalue weighted by Gasteiger charge is 2.21. The summed E-state index contributed by atoms with van der Waals surface area (Å²) in [5, 5.41) is 17.6. The summed E-state index contributed by atoms with van der Waals surface area (Å²) in [4.78, 5) is -0.617. The third-order valence-electron chi connectivity index (χ3n) is 2.06. The molecule has 1 unspecified atom stereocenters. The molecule has 0 bridgehead atoms. The van der Waals surface area contributed by atoms with Crippen molar-refractivity contribution in [2.75, 3.05) is 18.9 Å². The topological polar surface area (TPSA) is 113 Å². The molecule has 102 valence electrons. The van der Waals surface area contributed by atoms with Gasteiger partial charge in [-0.25, -0.2) is 17.5 Å². The fourth-order valence-corrected chi connectivity index (χ4v) is 2.58. The Morgan fingerprint density at radius 3 is 2.67 bits per heavy atom. The first kappa shape index (κ1) is 15.3. The molecule has 9 heteroatoms. The normalized spacial score (nSPS) is 13.6. The maximum atomic E-state index is 13.5. The van der Waals surface area contributed by atoms with Crippen molar-refractivity contribution in [2.24, 2.45) is 0 Å². The van der Waals surface area contributed by atoms with Crippen molar-refractivity contribution in [3.63, 3.8) is 0 Å². The molecular weight excluding hydrogens is 331 g/mol. The highest BCUT2D eigenvalue weighted by molar-refractivity contribution is 9.10. The lowest BCUT2D eigenvalue weighted by Crippen LogP contribution is -2.34. The molecule has 0 aliphatic rings. The second-order valence-electron chi connectivity index (χ2n) is 3.49. The summed E-state index contributed by atoms with van der Waals surface area (Å²) in [7, 11) is -4.13. The zero-order valence-corrected chi connectivity index (χ0v) is 11.5. The maximum Gasteiger partial charge on any atom is 0.243 e. The van der Waals surface area contributed by atoms with Crippen LogP contribution in [0.4, 0.5) is 10.1 Å². The monoisotopic (exact) mass is 342 g/mol. The Labute approximate surface area is 112 Å². The van der Waals surface area contributed by atoms with Crippen LogP contribution < -0.4 is 10.5 Å². The SMILES string of the molecule is Nc1cc(S(=O)(=O)NCC(O)CO)c(F)cc1Br. The van der Waals surface area contributed by atoms with Crippen molar-refractivity contribution in [2.45, 2.75) is 11.0 Å². The van der Waals surface area contributed by atoms with Gasteiger partial charge in [0.1, 0.15) is 10.7 Å². The van der Waals surface area contributed by atoms with E-state index in [1.54, 1.807) is 0 Å².